The van der Waals surface area contributed by atoms with Crippen molar-refractivity contribution in [3.8, 4) is 0 Å². The molecule has 0 aliphatic carbocycles. The minimum atomic E-state index is -3.62. The second-order valence-electron chi connectivity index (χ2n) is 3.83. The second-order valence-corrected chi connectivity index (χ2v) is 6.57. The van der Waals surface area contributed by atoms with Crippen molar-refractivity contribution in [3.05, 3.63) is 29.8 Å². The lowest BCUT2D eigenvalue weighted by Gasteiger charge is -2.20. The molecule has 1 aromatic rings. The van der Waals surface area contributed by atoms with Crippen molar-refractivity contribution in [2.45, 2.75) is 25.5 Å². The van der Waals surface area contributed by atoms with E-state index in [0.717, 1.165) is 0 Å². The van der Waals surface area contributed by atoms with Gasteiger partial charge >= 0.3 is 5.97 Å². The highest BCUT2D eigenvalue weighted by Crippen LogP contribution is 2.24. The highest BCUT2D eigenvalue weighted by Gasteiger charge is 2.26. The molecule has 1 N–H and O–H groups in total. The van der Waals surface area contributed by atoms with Gasteiger partial charge in [-0.25, -0.2) is 13.2 Å². The number of carboxylic acids is 1. The Bertz CT molecular complexity index is 526. The normalized spacial score (nSPS) is 13.1. The van der Waals surface area contributed by atoms with E-state index in [1.54, 1.807) is 13.8 Å². The first kappa shape index (κ1) is 14.8. The fourth-order valence-electron chi connectivity index (χ4n) is 1.24. The number of hydrogen-bond acceptors (Lipinski definition) is 3. The minimum absolute atomic E-state index is 0.0738. The van der Waals surface area contributed by atoms with Crippen molar-refractivity contribution < 1.29 is 18.3 Å². The summed E-state index contributed by atoms with van der Waals surface area (Å²) in [5.41, 5.74) is 0.298. The molecule has 7 heteroatoms. The van der Waals surface area contributed by atoms with Gasteiger partial charge in [-0.1, -0.05) is 6.92 Å². The summed E-state index contributed by atoms with van der Waals surface area (Å²) < 4.78 is 24.6. The molecule has 0 amide bonds. The Morgan fingerprint density at radius 3 is 2.28 bits per heavy atom. The van der Waals surface area contributed by atoms with Crippen LogP contribution in [0.1, 0.15) is 30.6 Å². The first-order valence-corrected chi connectivity index (χ1v) is 7.18. The molecule has 0 spiro atoms. The maximum atomic E-state index is 12.0. The third kappa shape index (κ3) is 2.94. The van der Waals surface area contributed by atoms with Crippen molar-refractivity contribution >= 4 is 33.5 Å². The van der Waals surface area contributed by atoms with Crippen LogP contribution in [0.4, 0.5) is 5.69 Å². The van der Waals surface area contributed by atoms with Crippen LogP contribution in [-0.4, -0.2) is 24.7 Å². The SMILES string of the molecule is CCC(C)S(=O)(=O)N(Cl)c1ccc(C(=O)O)cc1. The molecule has 100 valence electrons. The molecular formula is C11H14ClNO4S. The Balaban J connectivity index is 3.04. The van der Waals surface area contributed by atoms with Gasteiger partial charge in [0.25, 0.3) is 10.0 Å². The minimum Gasteiger partial charge on any atom is -0.478 e. The van der Waals surface area contributed by atoms with Gasteiger partial charge in [0.2, 0.25) is 0 Å². The van der Waals surface area contributed by atoms with Crippen molar-refractivity contribution in [3.63, 3.8) is 0 Å². The van der Waals surface area contributed by atoms with Crippen LogP contribution >= 0.6 is 11.8 Å². The summed E-state index contributed by atoms with van der Waals surface area (Å²) in [6.07, 6.45) is 0.443. The first-order valence-electron chi connectivity index (χ1n) is 5.34. The molecule has 0 radical (unpaired) electrons. The van der Waals surface area contributed by atoms with Crippen LogP contribution in [0.2, 0.25) is 0 Å². The molecule has 1 aromatic carbocycles. The van der Waals surface area contributed by atoms with E-state index in [1.165, 1.54) is 24.3 Å². The average Bonchev–Trinajstić information content (AvgIpc) is 2.36. The molecule has 1 atom stereocenters. The Labute approximate surface area is 111 Å². The molecule has 0 bridgehead atoms. The summed E-state index contributed by atoms with van der Waals surface area (Å²) in [4.78, 5) is 10.7. The highest BCUT2D eigenvalue weighted by molar-refractivity contribution is 7.94. The highest BCUT2D eigenvalue weighted by atomic mass is 35.5. The number of nitrogens with zero attached hydrogens (tertiary/aromatic N) is 1. The van der Waals surface area contributed by atoms with E-state index in [1.807, 2.05) is 0 Å². The van der Waals surface area contributed by atoms with Crippen molar-refractivity contribution in [2.75, 3.05) is 3.82 Å². The summed E-state index contributed by atoms with van der Waals surface area (Å²) in [6, 6.07) is 5.32. The van der Waals surface area contributed by atoms with E-state index in [4.69, 9.17) is 16.9 Å². The third-order valence-corrected chi connectivity index (χ3v) is 5.40. The first-order chi connectivity index (χ1) is 8.30. The molecule has 1 unspecified atom stereocenters. The van der Waals surface area contributed by atoms with Crippen LogP contribution in [0.15, 0.2) is 24.3 Å². The van der Waals surface area contributed by atoms with Crippen LogP contribution in [0.25, 0.3) is 0 Å². The summed E-state index contributed by atoms with van der Waals surface area (Å²) in [5, 5.41) is 8.13. The molecule has 0 aromatic heterocycles. The maximum absolute atomic E-state index is 12.0. The maximum Gasteiger partial charge on any atom is 0.335 e. The average molecular weight is 292 g/mol. The van der Waals surface area contributed by atoms with Crippen molar-refractivity contribution in [2.24, 2.45) is 0 Å². The quantitative estimate of drug-likeness (QED) is 0.846. The van der Waals surface area contributed by atoms with Gasteiger partial charge in [-0.2, -0.15) is 3.82 Å². The smallest absolute Gasteiger partial charge is 0.335 e. The lowest BCUT2D eigenvalue weighted by atomic mass is 10.2. The molecule has 0 fully saturated rings. The van der Waals surface area contributed by atoms with Gasteiger partial charge in [-0.05, 0) is 37.6 Å². The van der Waals surface area contributed by atoms with Gasteiger partial charge in [0.15, 0.2) is 0 Å². The Morgan fingerprint density at radius 1 is 1.39 bits per heavy atom. The van der Waals surface area contributed by atoms with E-state index in [2.05, 4.69) is 0 Å². The summed E-state index contributed by atoms with van der Waals surface area (Å²) >= 11 is 5.80. The third-order valence-electron chi connectivity index (χ3n) is 2.62. The lowest BCUT2D eigenvalue weighted by molar-refractivity contribution is 0.0697. The van der Waals surface area contributed by atoms with Gasteiger partial charge in [0.05, 0.1) is 16.5 Å². The number of carbonyl (C=O) groups is 1. The van der Waals surface area contributed by atoms with E-state index in [0.29, 0.717) is 10.2 Å². The van der Waals surface area contributed by atoms with Crippen LogP contribution in [0.5, 0.6) is 0 Å². The molecule has 0 saturated heterocycles. The molecule has 5 nitrogen and oxygen atoms in total. The monoisotopic (exact) mass is 291 g/mol. The van der Waals surface area contributed by atoms with Crippen LogP contribution < -0.4 is 3.82 Å². The summed E-state index contributed by atoms with van der Waals surface area (Å²) in [7, 11) is -3.62. The Hall–Kier alpha value is -1.27. The zero-order chi connectivity index (χ0) is 13.9. The van der Waals surface area contributed by atoms with Crippen molar-refractivity contribution in [1.29, 1.82) is 0 Å². The van der Waals surface area contributed by atoms with Crippen LogP contribution in [0.3, 0.4) is 0 Å². The van der Waals surface area contributed by atoms with Crippen LogP contribution in [0, 0.1) is 0 Å². The van der Waals surface area contributed by atoms with E-state index in [-0.39, 0.29) is 11.3 Å². The Kier molecular flexibility index (Phi) is 4.59. The molecule has 0 aliphatic rings. The fourth-order valence-corrected chi connectivity index (χ4v) is 2.91. The number of rotatable bonds is 5. The molecule has 18 heavy (non-hydrogen) atoms. The number of anilines is 1. The lowest BCUT2D eigenvalue weighted by Crippen LogP contribution is -2.30. The number of carboxylic acid groups (broad SMARTS) is 1. The number of sulfonamides is 1. The van der Waals surface area contributed by atoms with E-state index in [9.17, 15) is 13.2 Å². The van der Waals surface area contributed by atoms with Gasteiger partial charge in [0, 0.05) is 11.8 Å². The largest absolute Gasteiger partial charge is 0.478 e. The van der Waals surface area contributed by atoms with E-state index < -0.39 is 21.2 Å². The standard InChI is InChI=1S/C11H14ClNO4S/c1-3-8(2)18(16,17)13(12)10-6-4-9(5-7-10)11(14)15/h4-8H,3H2,1-2H3,(H,14,15). The topological polar surface area (TPSA) is 74.7 Å². The molecule has 0 aliphatic heterocycles. The van der Waals surface area contributed by atoms with E-state index >= 15 is 0 Å². The van der Waals surface area contributed by atoms with Gasteiger partial charge < -0.3 is 5.11 Å². The molecular weight excluding hydrogens is 278 g/mol. The van der Waals surface area contributed by atoms with Crippen molar-refractivity contribution in [1.82, 2.24) is 0 Å². The number of halogens is 1. The molecule has 0 heterocycles. The Morgan fingerprint density at radius 2 is 1.89 bits per heavy atom. The van der Waals surface area contributed by atoms with Crippen LogP contribution in [-0.2, 0) is 10.0 Å². The zero-order valence-corrected chi connectivity index (χ0v) is 11.6. The predicted molar refractivity (Wildman–Crippen MR) is 70.4 cm³/mol. The number of aromatic carboxylic acids is 1. The predicted octanol–water partition coefficient (Wildman–Crippen LogP) is 2.47. The number of benzene rings is 1. The number of hydrogen-bond donors (Lipinski definition) is 1. The fraction of sp³-hybridized carbons (Fsp3) is 0.364. The molecule has 1 rings (SSSR count). The summed E-state index contributed by atoms with van der Waals surface area (Å²) in [6.45, 7) is 3.32. The van der Waals surface area contributed by atoms with Gasteiger partial charge in [-0.3, -0.25) is 0 Å². The van der Waals surface area contributed by atoms with Gasteiger partial charge in [-0.15, -0.1) is 0 Å². The second kappa shape index (κ2) is 5.58. The summed E-state index contributed by atoms with van der Waals surface area (Å²) in [5.74, 6) is -1.08. The molecule has 0 saturated carbocycles. The van der Waals surface area contributed by atoms with Gasteiger partial charge in [0.1, 0.15) is 0 Å². The zero-order valence-electron chi connectivity index (χ0n) is 10.00.